The molecule has 7 heteroatoms. The second kappa shape index (κ2) is 11.3. The largest absolute Gasteiger partial charge is 1.00 e. The molecule has 0 N–H and O–H groups in total. The fraction of sp³-hybridized carbons (Fsp3) is 0.318. The molecular formula is C22H27ClN2O4. The summed E-state index contributed by atoms with van der Waals surface area (Å²) in [5.41, 5.74) is 1.97. The highest BCUT2D eigenvalue weighted by Gasteiger charge is 2.11. The third kappa shape index (κ3) is 8.46. The van der Waals surface area contributed by atoms with E-state index in [1.807, 2.05) is 33.3 Å². The van der Waals surface area contributed by atoms with Crippen molar-refractivity contribution in [1.82, 2.24) is 0 Å². The summed E-state index contributed by atoms with van der Waals surface area (Å²) in [4.78, 5) is 28.1. The van der Waals surface area contributed by atoms with E-state index in [4.69, 9.17) is 9.47 Å². The number of nitrogens with zero attached hydrogens (tertiary/aromatic N) is 2. The molecule has 29 heavy (non-hydrogen) atoms. The number of rotatable bonds is 8. The van der Waals surface area contributed by atoms with Crippen molar-refractivity contribution in [3.05, 3.63) is 65.2 Å². The van der Waals surface area contributed by atoms with Crippen LogP contribution in [-0.4, -0.2) is 64.0 Å². The number of esters is 1. The molecule has 0 spiro atoms. The molecular weight excluding hydrogens is 392 g/mol. The number of methoxy groups -OCH3 is 1. The molecule has 1 amide bonds. The van der Waals surface area contributed by atoms with Gasteiger partial charge in [0.05, 0.1) is 33.8 Å². The average Bonchev–Trinajstić information content (AvgIpc) is 2.67. The quantitative estimate of drug-likeness (QED) is 0.344. The lowest BCUT2D eigenvalue weighted by Crippen LogP contribution is -3.00. The van der Waals surface area contributed by atoms with Crippen LogP contribution in [0.5, 0.6) is 5.75 Å². The highest BCUT2D eigenvalue weighted by atomic mass is 35.5. The average molecular weight is 419 g/mol. The summed E-state index contributed by atoms with van der Waals surface area (Å²) in [7, 11) is 7.71. The van der Waals surface area contributed by atoms with Gasteiger partial charge in [0.2, 0.25) is 0 Å². The number of amides is 1. The van der Waals surface area contributed by atoms with Gasteiger partial charge in [-0.15, -0.1) is 0 Å². The number of benzene rings is 2. The number of hydrogen-bond acceptors (Lipinski definition) is 4. The van der Waals surface area contributed by atoms with Crippen molar-refractivity contribution in [3.63, 3.8) is 0 Å². The van der Waals surface area contributed by atoms with Gasteiger partial charge in [-0.1, -0.05) is 12.1 Å². The van der Waals surface area contributed by atoms with E-state index >= 15 is 0 Å². The van der Waals surface area contributed by atoms with Gasteiger partial charge in [-0.3, -0.25) is 4.79 Å². The zero-order valence-corrected chi connectivity index (χ0v) is 18.0. The first-order chi connectivity index (χ1) is 13.3. The highest BCUT2D eigenvalue weighted by molar-refractivity contribution is 5.99. The van der Waals surface area contributed by atoms with E-state index < -0.39 is 0 Å². The predicted molar refractivity (Wildman–Crippen MR) is 109 cm³/mol. The summed E-state index contributed by atoms with van der Waals surface area (Å²) in [6, 6.07) is 13.9. The van der Waals surface area contributed by atoms with E-state index in [-0.39, 0.29) is 24.3 Å². The van der Waals surface area contributed by atoms with Crippen molar-refractivity contribution in [2.75, 3.05) is 41.4 Å². The van der Waals surface area contributed by atoms with Crippen molar-refractivity contribution < 1.29 is 36.0 Å². The number of halogens is 1. The Labute approximate surface area is 178 Å². The first kappa shape index (κ1) is 24.3. The van der Waals surface area contributed by atoms with Gasteiger partial charge in [-0.25, -0.2) is 9.79 Å². The Bertz CT molecular complexity index is 825. The van der Waals surface area contributed by atoms with E-state index in [1.165, 1.54) is 0 Å². The molecule has 0 saturated heterocycles. The number of hydrogen-bond donors (Lipinski definition) is 0. The summed E-state index contributed by atoms with van der Waals surface area (Å²) in [5.74, 6) is 0.0556. The zero-order valence-electron chi connectivity index (χ0n) is 17.2. The lowest BCUT2D eigenvalue weighted by atomic mass is 10.1. The summed E-state index contributed by atoms with van der Waals surface area (Å²) in [5, 5.41) is 0. The smallest absolute Gasteiger partial charge is 0.338 e. The Balaban J connectivity index is 0.00000420. The van der Waals surface area contributed by atoms with E-state index in [1.54, 1.807) is 49.7 Å². The zero-order chi connectivity index (χ0) is 20.6. The molecule has 2 aromatic rings. The van der Waals surface area contributed by atoms with Crippen LogP contribution in [0.25, 0.3) is 0 Å². The van der Waals surface area contributed by atoms with Gasteiger partial charge >= 0.3 is 5.97 Å². The Kier molecular flexibility index (Phi) is 9.51. The summed E-state index contributed by atoms with van der Waals surface area (Å²) in [6.07, 6.45) is 2.07. The molecule has 0 fully saturated rings. The number of likely N-dealkylation sites (N-methyl/N-ethyl adjacent to an activating group) is 1. The Hall–Kier alpha value is -2.70. The molecule has 0 radical (unpaired) electrons. The second-order valence-electron chi connectivity index (χ2n) is 7.40. The van der Waals surface area contributed by atoms with Gasteiger partial charge in [0, 0.05) is 18.2 Å². The maximum atomic E-state index is 12.0. The van der Waals surface area contributed by atoms with Crippen LogP contribution in [0.4, 0.5) is 0 Å². The number of carbonyl (C=O) groups is 2. The predicted octanol–water partition coefficient (Wildman–Crippen LogP) is 0.0159. The van der Waals surface area contributed by atoms with E-state index in [2.05, 4.69) is 4.99 Å². The molecule has 0 atom stereocenters. The minimum Gasteiger partial charge on any atom is -1.00 e. The third-order valence-corrected chi connectivity index (χ3v) is 4.06. The van der Waals surface area contributed by atoms with Crippen LogP contribution in [0.1, 0.15) is 26.3 Å². The number of aliphatic imine (C=N–C) groups is 1. The molecule has 0 saturated carbocycles. The number of ether oxygens (including phenoxy) is 2. The van der Waals surface area contributed by atoms with Gasteiger partial charge in [0.25, 0.3) is 5.91 Å². The van der Waals surface area contributed by atoms with Gasteiger partial charge in [-0.2, -0.15) is 0 Å². The van der Waals surface area contributed by atoms with E-state index in [9.17, 15) is 9.59 Å². The molecule has 2 aromatic carbocycles. The molecule has 0 bridgehead atoms. The topological polar surface area (TPSA) is 65.0 Å². The molecule has 0 aromatic heterocycles. The van der Waals surface area contributed by atoms with Crippen molar-refractivity contribution >= 4 is 18.1 Å². The first-order valence-corrected chi connectivity index (χ1v) is 9.06. The Morgan fingerprint density at radius 2 is 1.55 bits per heavy atom. The van der Waals surface area contributed by atoms with Crippen LogP contribution in [0.3, 0.4) is 0 Å². The lowest BCUT2D eigenvalue weighted by Gasteiger charge is -2.23. The summed E-state index contributed by atoms with van der Waals surface area (Å²) < 4.78 is 11.1. The van der Waals surface area contributed by atoms with Gasteiger partial charge < -0.3 is 26.4 Å². The van der Waals surface area contributed by atoms with Crippen LogP contribution in [-0.2, 0) is 11.2 Å². The molecule has 2 rings (SSSR count). The normalized spacial score (nSPS) is 11.0. The van der Waals surface area contributed by atoms with Crippen LogP contribution in [0.2, 0.25) is 0 Å². The lowest BCUT2D eigenvalue weighted by molar-refractivity contribution is -0.870. The number of carbonyl (C=O) groups excluding carboxylic acids is 2. The number of quaternary nitrogens is 1. The Morgan fingerprint density at radius 1 is 0.966 bits per heavy atom. The Morgan fingerprint density at radius 3 is 2.10 bits per heavy atom. The molecule has 0 heterocycles. The fourth-order valence-corrected chi connectivity index (χ4v) is 2.31. The minimum absolute atomic E-state index is 0. The maximum absolute atomic E-state index is 12.0. The van der Waals surface area contributed by atoms with Crippen LogP contribution in [0, 0.1) is 0 Å². The summed E-state index contributed by atoms with van der Waals surface area (Å²) >= 11 is 0. The standard InChI is InChI=1S/C22H27N2O4.ClH/c1-24(2,3)15-16-28-22(26)19-7-5-17(6-8-19)13-14-23-21(25)18-9-11-20(27-4)12-10-18;/h5-12,14H,13,15-16H2,1-4H3;1H/q+1;/p-1. The molecule has 0 aliphatic carbocycles. The van der Waals surface area contributed by atoms with E-state index in [0.29, 0.717) is 29.9 Å². The van der Waals surface area contributed by atoms with Crippen LogP contribution < -0.4 is 17.1 Å². The monoisotopic (exact) mass is 418 g/mol. The van der Waals surface area contributed by atoms with Crippen molar-refractivity contribution in [1.29, 1.82) is 0 Å². The van der Waals surface area contributed by atoms with Crippen LogP contribution >= 0.6 is 0 Å². The third-order valence-electron chi connectivity index (χ3n) is 4.06. The van der Waals surface area contributed by atoms with Gasteiger partial charge in [0.1, 0.15) is 18.9 Å². The minimum atomic E-state index is -0.330. The highest BCUT2D eigenvalue weighted by Crippen LogP contribution is 2.12. The van der Waals surface area contributed by atoms with Crippen molar-refractivity contribution in [2.45, 2.75) is 6.42 Å². The van der Waals surface area contributed by atoms with Crippen LogP contribution in [0.15, 0.2) is 53.5 Å². The second-order valence-corrected chi connectivity index (χ2v) is 7.40. The van der Waals surface area contributed by atoms with Gasteiger partial charge in [-0.05, 0) is 42.0 Å². The molecule has 0 aliphatic heterocycles. The maximum Gasteiger partial charge on any atom is 0.338 e. The van der Waals surface area contributed by atoms with Crippen molar-refractivity contribution in [2.24, 2.45) is 4.99 Å². The van der Waals surface area contributed by atoms with Gasteiger partial charge in [0.15, 0.2) is 0 Å². The molecule has 156 valence electrons. The SMILES string of the molecule is COc1ccc(C(=O)N=CCc2ccc(C(=O)OCC[N+](C)(C)C)cc2)cc1.[Cl-]. The molecule has 0 aliphatic rings. The van der Waals surface area contributed by atoms with Crippen molar-refractivity contribution in [3.8, 4) is 5.75 Å². The van der Waals surface area contributed by atoms with E-state index in [0.717, 1.165) is 16.6 Å². The fourth-order valence-electron chi connectivity index (χ4n) is 2.31. The molecule has 6 nitrogen and oxygen atoms in total. The first-order valence-electron chi connectivity index (χ1n) is 9.06. The summed E-state index contributed by atoms with van der Waals surface area (Å²) in [6.45, 7) is 1.13. The molecule has 0 unspecified atom stereocenters.